The number of aliphatic hydroxyl groups excluding tert-OH is 2. The molecule has 0 aliphatic rings. The van der Waals surface area contributed by atoms with E-state index in [2.05, 4.69) is 4.74 Å². The third kappa shape index (κ3) is 3.34. The van der Waals surface area contributed by atoms with Crippen molar-refractivity contribution in [3.05, 3.63) is 0 Å². The first-order valence-electron chi connectivity index (χ1n) is 3.59. The molecule has 4 nitrogen and oxygen atoms in total. The van der Waals surface area contributed by atoms with E-state index in [1.54, 1.807) is 6.92 Å². The number of hydrogen-bond acceptors (Lipinski definition) is 4. The molecule has 1 unspecified atom stereocenters. The summed E-state index contributed by atoms with van der Waals surface area (Å²) in [5, 5.41) is 17.6. The van der Waals surface area contributed by atoms with Crippen LogP contribution in [0, 0.1) is 5.92 Å². The van der Waals surface area contributed by atoms with E-state index in [4.69, 9.17) is 10.2 Å². The fourth-order valence-corrected chi connectivity index (χ4v) is 0.673. The molecule has 2 atom stereocenters. The predicted molar refractivity (Wildman–Crippen MR) is 38.9 cm³/mol. The Balaban J connectivity index is 3.92. The van der Waals surface area contributed by atoms with Gasteiger partial charge < -0.3 is 14.9 Å². The quantitative estimate of drug-likeness (QED) is 0.549. The van der Waals surface area contributed by atoms with Gasteiger partial charge >= 0.3 is 5.97 Å². The molecule has 0 bridgehead atoms. The Morgan fingerprint density at radius 3 is 2.45 bits per heavy atom. The minimum Gasteiger partial charge on any atom is -0.466 e. The van der Waals surface area contributed by atoms with Crippen LogP contribution in [0.5, 0.6) is 0 Å². The molecule has 0 spiro atoms. The summed E-state index contributed by atoms with van der Waals surface area (Å²) in [4.78, 5) is 10.9. The Hall–Kier alpha value is -0.610. The van der Waals surface area contributed by atoms with E-state index in [-0.39, 0.29) is 13.2 Å². The van der Waals surface area contributed by atoms with Gasteiger partial charge in [0.2, 0.25) is 0 Å². The van der Waals surface area contributed by atoms with E-state index in [1.807, 2.05) is 0 Å². The van der Waals surface area contributed by atoms with Gasteiger partial charge in [-0.2, -0.15) is 0 Å². The van der Waals surface area contributed by atoms with Crippen LogP contribution >= 0.6 is 0 Å². The molecule has 0 radical (unpaired) electrons. The van der Waals surface area contributed by atoms with Crippen molar-refractivity contribution in [3.8, 4) is 0 Å². The average Bonchev–Trinajstić information content (AvgIpc) is 1.88. The van der Waals surface area contributed by atoms with Crippen molar-refractivity contribution in [1.29, 1.82) is 0 Å². The standard InChI is InChI=1S/C7H14O4/c1-3-11-7(10)6(4-8)5(2)9/h5-6,8-9H,3-4H2,1-2H3/t5?,6-/m1/s1. The Labute approximate surface area is 65.8 Å². The van der Waals surface area contributed by atoms with Crippen LogP contribution in [0.2, 0.25) is 0 Å². The normalized spacial score (nSPS) is 15.6. The third-order valence-electron chi connectivity index (χ3n) is 1.37. The van der Waals surface area contributed by atoms with Gasteiger partial charge in [0.1, 0.15) is 5.92 Å². The maximum atomic E-state index is 10.9. The van der Waals surface area contributed by atoms with Crippen molar-refractivity contribution < 1.29 is 19.7 Å². The van der Waals surface area contributed by atoms with Crippen LogP contribution in [0.4, 0.5) is 0 Å². The summed E-state index contributed by atoms with van der Waals surface area (Å²) < 4.78 is 4.60. The summed E-state index contributed by atoms with van der Waals surface area (Å²) in [6, 6.07) is 0. The second kappa shape index (κ2) is 5.09. The minimum atomic E-state index is -0.862. The molecule has 11 heavy (non-hydrogen) atoms. The van der Waals surface area contributed by atoms with E-state index >= 15 is 0 Å². The van der Waals surface area contributed by atoms with Crippen LogP contribution in [-0.2, 0) is 9.53 Å². The van der Waals surface area contributed by atoms with Gasteiger partial charge in [-0.25, -0.2) is 0 Å². The Morgan fingerprint density at radius 1 is 1.64 bits per heavy atom. The number of carbonyl (C=O) groups is 1. The molecule has 0 aromatic rings. The Kier molecular flexibility index (Phi) is 4.81. The van der Waals surface area contributed by atoms with E-state index in [1.165, 1.54) is 6.92 Å². The Bertz CT molecular complexity index is 122. The lowest BCUT2D eigenvalue weighted by atomic mass is 10.1. The van der Waals surface area contributed by atoms with Crippen molar-refractivity contribution in [2.75, 3.05) is 13.2 Å². The second-order valence-electron chi connectivity index (χ2n) is 2.28. The van der Waals surface area contributed by atoms with Gasteiger partial charge in [-0.1, -0.05) is 0 Å². The molecule has 66 valence electrons. The Morgan fingerprint density at radius 2 is 2.18 bits per heavy atom. The van der Waals surface area contributed by atoms with Crippen molar-refractivity contribution in [2.24, 2.45) is 5.92 Å². The number of ether oxygens (including phenoxy) is 1. The zero-order chi connectivity index (χ0) is 8.85. The summed E-state index contributed by atoms with van der Waals surface area (Å²) in [6.45, 7) is 3.00. The number of carbonyl (C=O) groups excluding carboxylic acids is 1. The summed E-state index contributed by atoms with van der Waals surface area (Å²) in [6.07, 6.45) is -0.862. The smallest absolute Gasteiger partial charge is 0.313 e. The highest BCUT2D eigenvalue weighted by atomic mass is 16.5. The monoisotopic (exact) mass is 162 g/mol. The van der Waals surface area contributed by atoms with Crippen LogP contribution in [0.1, 0.15) is 13.8 Å². The van der Waals surface area contributed by atoms with Crippen LogP contribution in [0.25, 0.3) is 0 Å². The highest BCUT2D eigenvalue weighted by molar-refractivity contribution is 5.73. The molecule has 4 heteroatoms. The van der Waals surface area contributed by atoms with Gasteiger partial charge in [0, 0.05) is 0 Å². The highest BCUT2D eigenvalue weighted by Gasteiger charge is 2.23. The first-order valence-corrected chi connectivity index (χ1v) is 3.59. The molecule has 0 amide bonds. The van der Waals surface area contributed by atoms with Crippen molar-refractivity contribution in [3.63, 3.8) is 0 Å². The molecule has 0 saturated heterocycles. The van der Waals surface area contributed by atoms with Crippen molar-refractivity contribution in [2.45, 2.75) is 20.0 Å². The van der Waals surface area contributed by atoms with Crippen LogP contribution in [0.3, 0.4) is 0 Å². The lowest BCUT2D eigenvalue weighted by Gasteiger charge is -2.14. The summed E-state index contributed by atoms with van der Waals surface area (Å²) in [7, 11) is 0. The maximum absolute atomic E-state index is 10.9. The molecular formula is C7H14O4. The average molecular weight is 162 g/mol. The third-order valence-corrected chi connectivity index (χ3v) is 1.37. The van der Waals surface area contributed by atoms with E-state index in [0.29, 0.717) is 0 Å². The number of aliphatic hydroxyl groups is 2. The maximum Gasteiger partial charge on any atom is 0.313 e. The van der Waals surface area contributed by atoms with Gasteiger partial charge in [-0.3, -0.25) is 4.79 Å². The second-order valence-corrected chi connectivity index (χ2v) is 2.28. The summed E-state index contributed by atoms with van der Waals surface area (Å²) >= 11 is 0. The van der Waals surface area contributed by atoms with Gasteiger partial charge in [0.15, 0.2) is 0 Å². The van der Waals surface area contributed by atoms with E-state index < -0.39 is 18.0 Å². The lowest BCUT2D eigenvalue weighted by Crippen LogP contribution is -2.30. The number of esters is 1. The fourth-order valence-electron chi connectivity index (χ4n) is 0.673. The largest absolute Gasteiger partial charge is 0.466 e. The first kappa shape index (κ1) is 10.4. The molecule has 0 heterocycles. The molecule has 0 aromatic heterocycles. The molecule has 0 aromatic carbocycles. The molecule has 0 rings (SSSR count). The molecule has 0 aliphatic carbocycles. The fraction of sp³-hybridized carbons (Fsp3) is 0.857. The van der Waals surface area contributed by atoms with Gasteiger partial charge in [0.25, 0.3) is 0 Å². The molecule has 0 aliphatic heterocycles. The van der Waals surface area contributed by atoms with Gasteiger partial charge in [0.05, 0.1) is 19.3 Å². The highest BCUT2D eigenvalue weighted by Crippen LogP contribution is 2.04. The topological polar surface area (TPSA) is 66.8 Å². The number of rotatable bonds is 4. The summed E-state index contributed by atoms with van der Waals surface area (Å²) in [5.74, 6) is -1.36. The summed E-state index contributed by atoms with van der Waals surface area (Å²) in [5.41, 5.74) is 0. The SMILES string of the molecule is CCOC(=O)[C@H](CO)C(C)O. The zero-order valence-electron chi connectivity index (χ0n) is 6.78. The number of hydrogen-bond donors (Lipinski definition) is 2. The van der Waals surface area contributed by atoms with Crippen LogP contribution in [-0.4, -0.2) is 35.5 Å². The van der Waals surface area contributed by atoms with E-state index in [9.17, 15) is 4.79 Å². The van der Waals surface area contributed by atoms with Gasteiger partial charge in [-0.05, 0) is 13.8 Å². The minimum absolute atomic E-state index is 0.266. The predicted octanol–water partition coefficient (Wildman–Crippen LogP) is -0.461. The molecule has 2 N–H and O–H groups in total. The lowest BCUT2D eigenvalue weighted by molar-refractivity contribution is -0.153. The van der Waals surface area contributed by atoms with Crippen molar-refractivity contribution in [1.82, 2.24) is 0 Å². The first-order chi connectivity index (χ1) is 5.13. The van der Waals surface area contributed by atoms with E-state index in [0.717, 1.165) is 0 Å². The van der Waals surface area contributed by atoms with Gasteiger partial charge in [-0.15, -0.1) is 0 Å². The van der Waals surface area contributed by atoms with Crippen molar-refractivity contribution >= 4 is 5.97 Å². The van der Waals surface area contributed by atoms with Crippen LogP contribution < -0.4 is 0 Å². The molecule has 0 saturated carbocycles. The van der Waals surface area contributed by atoms with Crippen LogP contribution in [0.15, 0.2) is 0 Å². The molecular weight excluding hydrogens is 148 g/mol. The zero-order valence-corrected chi connectivity index (χ0v) is 6.78. The molecule has 0 fully saturated rings.